The Morgan fingerprint density at radius 1 is 0.838 bits per heavy atom. The molecule has 3 N–H and O–H groups in total. The Hall–Kier alpha value is -3.53. The molecule has 0 radical (unpaired) electrons. The van der Waals surface area contributed by atoms with Gasteiger partial charge in [0.05, 0.1) is 6.61 Å². The van der Waals surface area contributed by atoms with Crippen molar-refractivity contribution in [1.82, 2.24) is 9.55 Å². The topological polar surface area (TPSA) is 114 Å². The van der Waals surface area contributed by atoms with Gasteiger partial charge in [-0.3, -0.25) is 14.3 Å². The number of nitrogens with one attached hydrogen (secondary N) is 1. The predicted octanol–water partition coefficient (Wildman–Crippen LogP) is 2.82. The highest BCUT2D eigenvalue weighted by Gasteiger charge is 2.46. The van der Waals surface area contributed by atoms with Gasteiger partial charge in [0.2, 0.25) is 0 Å². The Kier molecular flexibility index (Phi) is 7.10. The van der Waals surface area contributed by atoms with E-state index in [9.17, 15) is 19.8 Å². The molecule has 190 valence electrons. The van der Waals surface area contributed by atoms with Crippen LogP contribution in [0.2, 0.25) is 5.02 Å². The number of benzene rings is 3. The second kappa shape index (κ2) is 10.5. The molecule has 1 aliphatic heterocycles. The van der Waals surface area contributed by atoms with Crippen LogP contribution in [0, 0.1) is 0 Å². The van der Waals surface area contributed by atoms with Gasteiger partial charge in [-0.2, -0.15) is 0 Å². The van der Waals surface area contributed by atoms with Crippen LogP contribution in [0.25, 0.3) is 0 Å². The van der Waals surface area contributed by atoms with Crippen molar-refractivity contribution >= 4 is 11.6 Å². The third kappa shape index (κ3) is 4.66. The quantitative estimate of drug-likeness (QED) is 0.323. The number of aliphatic hydroxyl groups is 2. The zero-order valence-electron chi connectivity index (χ0n) is 19.6. The van der Waals surface area contributed by atoms with E-state index in [4.69, 9.17) is 21.1 Å². The van der Waals surface area contributed by atoms with Crippen molar-refractivity contribution in [2.45, 2.75) is 30.1 Å². The Balaban J connectivity index is 1.53. The molecule has 0 spiro atoms. The summed E-state index contributed by atoms with van der Waals surface area (Å²) in [5.41, 5.74) is -0.0518. The average molecular weight is 521 g/mol. The molecular weight excluding hydrogens is 496 g/mol. The number of aromatic nitrogens is 2. The summed E-state index contributed by atoms with van der Waals surface area (Å²) in [7, 11) is 0. The summed E-state index contributed by atoms with van der Waals surface area (Å²) >= 11 is 5.88. The van der Waals surface area contributed by atoms with Gasteiger partial charge in [0.25, 0.3) is 5.56 Å². The molecule has 1 saturated heterocycles. The first-order valence-corrected chi connectivity index (χ1v) is 12.1. The molecule has 8 nitrogen and oxygen atoms in total. The third-order valence-corrected chi connectivity index (χ3v) is 6.81. The van der Waals surface area contributed by atoms with Gasteiger partial charge in [0.1, 0.15) is 28.9 Å². The van der Waals surface area contributed by atoms with Crippen LogP contribution in [0.15, 0.2) is 107 Å². The molecule has 0 saturated carbocycles. The number of hydrogen-bond acceptors (Lipinski definition) is 6. The van der Waals surface area contributed by atoms with Crippen molar-refractivity contribution in [3.8, 4) is 0 Å². The van der Waals surface area contributed by atoms with Crippen LogP contribution in [0.1, 0.15) is 22.9 Å². The van der Waals surface area contributed by atoms with E-state index in [2.05, 4.69) is 4.98 Å². The van der Waals surface area contributed by atoms with Crippen molar-refractivity contribution < 1.29 is 19.7 Å². The summed E-state index contributed by atoms with van der Waals surface area (Å²) < 4.78 is 13.5. The first-order valence-electron chi connectivity index (χ1n) is 11.7. The van der Waals surface area contributed by atoms with Crippen LogP contribution in [0.3, 0.4) is 0 Å². The number of H-pyrrole nitrogens is 1. The highest BCUT2D eigenvalue weighted by molar-refractivity contribution is 6.30. The van der Waals surface area contributed by atoms with E-state index in [1.165, 1.54) is 0 Å². The minimum Gasteiger partial charge on any atom is -0.387 e. The number of aliphatic hydroxyl groups excluding tert-OH is 2. The molecule has 0 bridgehead atoms. The zero-order chi connectivity index (χ0) is 26.0. The summed E-state index contributed by atoms with van der Waals surface area (Å²) in [6.07, 6.45) is -4.02. The fraction of sp³-hybridized carbons (Fsp3) is 0.214. The summed E-state index contributed by atoms with van der Waals surface area (Å²) in [4.78, 5) is 26.1. The predicted molar refractivity (Wildman–Crippen MR) is 137 cm³/mol. The fourth-order valence-corrected chi connectivity index (χ4v) is 4.87. The maximum absolute atomic E-state index is 12.4. The summed E-state index contributed by atoms with van der Waals surface area (Å²) in [5, 5.41) is 21.3. The second-order valence-corrected chi connectivity index (χ2v) is 9.19. The minimum absolute atomic E-state index is 0.126. The number of ether oxygens (including phenoxy) is 2. The van der Waals surface area contributed by atoms with E-state index in [-0.39, 0.29) is 11.6 Å². The number of rotatable bonds is 7. The molecule has 37 heavy (non-hydrogen) atoms. The van der Waals surface area contributed by atoms with E-state index in [1.807, 2.05) is 91.0 Å². The molecular formula is C28H25ClN2O6. The summed E-state index contributed by atoms with van der Waals surface area (Å²) in [6, 6.07) is 29.1. The first-order chi connectivity index (χ1) is 17.9. The van der Waals surface area contributed by atoms with Crippen molar-refractivity contribution in [3.05, 3.63) is 140 Å². The second-order valence-electron chi connectivity index (χ2n) is 8.78. The number of hydrogen-bond donors (Lipinski definition) is 3. The normalized spacial score (nSPS) is 21.7. The maximum Gasteiger partial charge on any atom is 0.330 e. The fourth-order valence-electron chi connectivity index (χ4n) is 4.72. The van der Waals surface area contributed by atoms with Gasteiger partial charge in [0, 0.05) is 6.20 Å². The molecule has 9 heteroatoms. The molecule has 2 heterocycles. The van der Waals surface area contributed by atoms with Crippen molar-refractivity contribution in [1.29, 1.82) is 0 Å². The van der Waals surface area contributed by atoms with Gasteiger partial charge in [-0.1, -0.05) is 103 Å². The van der Waals surface area contributed by atoms with Gasteiger partial charge < -0.3 is 19.7 Å². The largest absolute Gasteiger partial charge is 0.387 e. The molecule has 1 fully saturated rings. The first kappa shape index (κ1) is 25.1. The zero-order valence-corrected chi connectivity index (χ0v) is 20.4. The molecule has 1 aliphatic rings. The molecule has 1 aromatic heterocycles. The number of nitrogens with zero attached hydrogens (tertiary/aromatic N) is 1. The SMILES string of the molecule is O=c1[nH]c(=O)n([C@@H]2O[C@H](COC(c3ccccc3)(c3ccccc3)c3ccccc3)[C@@H](O)[C@H]2O)cc1Cl. The average Bonchev–Trinajstić information content (AvgIpc) is 3.21. The Morgan fingerprint density at radius 3 is 1.81 bits per heavy atom. The minimum atomic E-state index is -1.46. The van der Waals surface area contributed by atoms with Crippen LogP contribution >= 0.6 is 11.6 Å². The smallest absolute Gasteiger partial charge is 0.330 e. The lowest BCUT2D eigenvalue weighted by Crippen LogP contribution is -2.40. The third-order valence-electron chi connectivity index (χ3n) is 6.54. The Bertz CT molecular complexity index is 1360. The highest BCUT2D eigenvalue weighted by Crippen LogP contribution is 2.41. The van der Waals surface area contributed by atoms with E-state index < -0.39 is 41.4 Å². The maximum atomic E-state index is 12.4. The lowest BCUT2D eigenvalue weighted by molar-refractivity contribution is -0.0958. The highest BCUT2D eigenvalue weighted by atomic mass is 35.5. The number of halogens is 1. The summed E-state index contributed by atoms with van der Waals surface area (Å²) in [6.45, 7) is -0.126. The van der Waals surface area contributed by atoms with E-state index in [1.54, 1.807) is 0 Å². The van der Waals surface area contributed by atoms with E-state index in [0.717, 1.165) is 27.5 Å². The van der Waals surface area contributed by atoms with Crippen molar-refractivity contribution in [3.63, 3.8) is 0 Å². The molecule has 4 aromatic rings. The lowest BCUT2D eigenvalue weighted by atomic mass is 9.80. The molecule has 4 atom stereocenters. The van der Waals surface area contributed by atoms with Gasteiger partial charge in [-0.25, -0.2) is 4.79 Å². The van der Waals surface area contributed by atoms with E-state index in [0.29, 0.717) is 0 Å². The van der Waals surface area contributed by atoms with Crippen molar-refractivity contribution in [2.24, 2.45) is 0 Å². The molecule has 3 aromatic carbocycles. The molecule has 0 unspecified atom stereocenters. The van der Waals surface area contributed by atoms with Crippen LogP contribution in [0.4, 0.5) is 0 Å². The summed E-state index contributed by atoms with van der Waals surface area (Å²) in [5.74, 6) is 0. The number of aromatic amines is 1. The Morgan fingerprint density at radius 2 is 1.32 bits per heavy atom. The molecule has 0 aliphatic carbocycles. The van der Waals surface area contributed by atoms with Crippen LogP contribution < -0.4 is 11.2 Å². The monoisotopic (exact) mass is 520 g/mol. The lowest BCUT2D eigenvalue weighted by Gasteiger charge is -2.37. The van der Waals surface area contributed by atoms with Crippen molar-refractivity contribution in [2.75, 3.05) is 6.61 Å². The van der Waals surface area contributed by atoms with Crippen LogP contribution in [-0.4, -0.2) is 44.7 Å². The molecule has 5 rings (SSSR count). The van der Waals surface area contributed by atoms with Gasteiger partial charge in [-0.15, -0.1) is 0 Å². The van der Waals surface area contributed by atoms with Crippen LogP contribution in [0.5, 0.6) is 0 Å². The van der Waals surface area contributed by atoms with Gasteiger partial charge >= 0.3 is 5.69 Å². The van der Waals surface area contributed by atoms with Gasteiger partial charge in [0.15, 0.2) is 6.23 Å². The van der Waals surface area contributed by atoms with Crippen LogP contribution in [-0.2, 0) is 15.1 Å². The standard InChI is InChI=1S/C28H25ClN2O6/c29-21-16-31(27(35)30-25(21)34)26-24(33)23(32)22(37-26)17-36-28(18-10-4-1-5-11-18,19-12-6-2-7-13-19)20-14-8-3-9-15-20/h1-16,22-24,26,32-33H,17H2,(H,30,34,35)/t22-,23-,24-,26-/m1/s1. The van der Waals surface area contributed by atoms with Gasteiger partial charge in [-0.05, 0) is 16.7 Å². The molecule has 0 amide bonds. The van der Waals surface area contributed by atoms with E-state index >= 15 is 0 Å². The Labute approximate surface area is 217 Å².